The molecule has 0 heterocycles. The molecular formula is C85H152O5. The average Bonchev–Trinajstić information content (AvgIpc) is 3.60. The summed E-state index contributed by atoms with van der Waals surface area (Å²) in [7, 11) is 0. The Morgan fingerprint density at radius 1 is 0.267 bits per heavy atom. The van der Waals surface area contributed by atoms with Crippen LogP contribution in [0.25, 0.3) is 0 Å². The molecule has 0 rings (SSSR count). The molecule has 1 atom stereocenters. The maximum absolute atomic E-state index is 12.4. The summed E-state index contributed by atoms with van der Waals surface area (Å²) in [5.41, 5.74) is 0. The first kappa shape index (κ1) is 86.8. The lowest BCUT2D eigenvalue weighted by Gasteiger charge is -2.15. The second-order valence-electron chi connectivity index (χ2n) is 26.8. The summed E-state index contributed by atoms with van der Waals surface area (Å²) in [6.45, 7) is 4.07. The third kappa shape index (κ3) is 77.3. The average molecular weight is 1250 g/mol. The number of aliphatic hydroxyl groups excluding tert-OH is 1. The molecule has 0 amide bonds. The molecule has 0 aromatic rings. The quantitative estimate of drug-likeness (QED) is 0.0373. The van der Waals surface area contributed by atoms with Crippen molar-refractivity contribution in [2.45, 2.75) is 418 Å². The van der Waals surface area contributed by atoms with E-state index in [1.807, 2.05) is 0 Å². The molecule has 1 unspecified atom stereocenters. The van der Waals surface area contributed by atoms with Crippen LogP contribution in [0.4, 0.5) is 0 Å². The fourth-order valence-corrected chi connectivity index (χ4v) is 11.9. The highest BCUT2D eigenvalue weighted by molar-refractivity contribution is 5.70. The summed E-state index contributed by atoms with van der Waals surface area (Å²) >= 11 is 0. The minimum atomic E-state index is -0.774. The molecule has 0 spiro atoms. The van der Waals surface area contributed by atoms with E-state index in [-0.39, 0.29) is 25.2 Å². The van der Waals surface area contributed by atoms with Gasteiger partial charge in [-0.2, -0.15) is 0 Å². The summed E-state index contributed by atoms with van der Waals surface area (Å²) in [4.78, 5) is 24.7. The highest BCUT2D eigenvalue weighted by Gasteiger charge is 2.16. The minimum absolute atomic E-state index is 0.0618. The highest BCUT2D eigenvalue weighted by Crippen LogP contribution is 2.19. The Labute approximate surface area is 561 Å². The summed E-state index contributed by atoms with van der Waals surface area (Å²) < 4.78 is 10.8. The molecule has 0 aromatic carbocycles. The third-order valence-corrected chi connectivity index (χ3v) is 17.9. The van der Waals surface area contributed by atoms with E-state index >= 15 is 0 Å². The zero-order chi connectivity index (χ0) is 64.7. The smallest absolute Gasteiger partial charge is 0.306 e. The van der Waals surface area contributed by atoms with Gasteiger partial charge in [0.1, 0.15) is 6.61 Å². The van der Waals surface area contributed by atoms with Crippen LogP contribution >= 0.6 is 0 Å². The van der Waals surface area contributed by atoms with Crippen LogP contribution < -0.4 is 0 Å². The first-order valence-corrected chi connectivity index (χ1v) is 39.8. The number of aliphatic hydroxyl groups is 1. The van der Waals surface area contributed by atoms with Crippen LogP contribution in [0.1, 0.15) is 412 Å². The minimum Gasteiger partial charge on any atom is -0.462 e. The second kappa shape index (κ2) is 80.1. The van der Waals surface area contributed by atoms with Gasteiger partial charge in [-0.3, -0.25) is 9.59 Å². The predicted molar refractivity (Wildman–Crippen MR) is 399 cm³/mol. The van der Waals surface area contributed by atoms with E-state index in [1.165, 1.54) is 302 Å². The van der Waals surface area contributed by atoms with Crippen LogP contribution in [-0.4, -0.2) is 36.4 Å². The Bertz CT molecular complexity index is 1660. The molecule has 0 fully saturated rings. The second-order valence-corrected chi connectivity index (χ2v) is 26.8. The Hall–Kier alpha value is -3.18. The van der Waals surface area contributed by atoms with Crippen LogP contribution in [0.5, 0.6) is 0 Å². The molecule has 5 heteroatoms. The van der Waals surface area contributed by atoms with Gasteiger partial charge < -0.3 is 14.6 Å². The van der Waals surface area contributed by atoms with Gasteiger partial charge in [-0.05, 0) is 96.3 Å². The Balaban J connectivity index is 3.40. The van der Waals surface area contributed by atoms with E-state index in [4.69, 9.17) is 9.47 Å². The monoisotopic (exact) mass is 1250 g/mol. The summed E-state index contributed by atoms with van der Waals surface area (Å²) in [6.07, 6.45) is 115. The number of hydrogen-bond donors (Lipinski definition) is 1. The zero-order valence-electron chi connectivity index (χ0n) is 60.1. The molecule has 522 valence electrons. The van der Waals surface area contributed by atoms with Gasteiger partial charge in [0, 0.05) is 12.8 Å². The molecule has 0 aliphatic rings. The molecule has 0 aliphatic carbocycles. The molecule has 0 saturated heterocycles. The van der Waals surface area contributed by atoms with Gasteiger partial charge in [0.2, 0.25) is 0 Å². The molecule has 0 bridgehead atoms. The van der Waals surface area contributed by atoms with Crippen molar-refractivity contribution in [2.24, 2.45) is 0 Å². The van der Waals surface area contributed by atoms with Gasteiger partial charge in [-0.15, -0.1) is 0 Å². The van der Waals surface area contributed by atoms with Crippen molar-refractivity contribution in [3.63, 3.8) is 0 Å². The molecule has 1 N–H and O–H groups in total. The largest absolute Gasteiger partial charge is 0.462 e. The fourth-order valence-electron chi connectivity index (χ4n) is 11.9. The Kier molecular flexibility index (Phi) is 77.2. The first-order valence-electron chi connectivity index (χ1n) is 39.8. The van der Waals surface area contributed by atoms with E-state index in [9.17, 15) is 14.7 Å². The number of unbranched alkanes of at least 4 members (excludes halogenated alkanes) is 50. The number of rotatable bonds is 74. The van der Waals surface area contributed by atoms with Gasteiger partial charge in [-0.1, -0.05) is 400 Å². The van der Waals surface area contributed by atoms with Crippen LogP contribution in [0.3, 0.4) is 0 Å². The number of ether oxygens (including phenoxy) is 2. The fraction of sp³-hybridized carbons (Fsp3) is 0.788. The first-order chi connectivity index (χ1) is 44.6. The van der Waals surface area contributed by atoms with Crippen LogP contribution in [0, 0.1) is 0 Å². The lowest BCUT2D eigenvalue weighted by Crippen LogP contribution is -2.28. The zero-order valence-corrected chi connectivity index (χ0v) is 60.1. The van der Waals surface area contributed by atoms with E-state index in [0.29, 0.717) is 12.8 Å². The number of esters is 2. The Morgan fingerprint density at radius 2 is 0.478 bits per heavy atom. The number of allylic oxidation sites excluding steroid dienone is 16. The van der Waals surface area contributed by atoms with Gasteiger partial charge in [0.25, 0.3) is 0 Å². The van der Waals surface area contributed by atoms with E-state index < -0.39 is 6.10 Å². The molecule has 0 saturated carbocycles. The van der Waals surface area contributed by atoms with Crippen molar-refractivity contribution in [1.82, 2.24) is 0 Å². The molecule has 0 aliphatic heterocycles. The van der Waals surface area contributed by atoms with Gasteiger partial charge in [0.15, 0.2) is 6.10 Å². The van der Waals surface area contributed by atoms with E-state index in [0.717, 1.165) is 83.5 Å². The van der Waals surface area contributed by atoms with Gasteiger partial charge in [0.05, 0.1) is 6.61 Å². The van der Waals surface area contributed by atoms with Crippen molar-refractivity contribution < 1.29 is 24.2 Å². The van der Waals surface area contributed by atoms with Crippen LogP contribution in [0.2, 0.25) is 0 Å². The Morgan fingerprint density at radius 3 is 0.722 bits per heavy atom. The van der Waals surface area contributed by atoms with E-state index in [1.54, 1.807) is 0 Å². The lowest BCUT2D eigenvalue weighted by atomic mass is 10.0. The summed E-state index contributed by atoms with van der Waals surface area (Å²) in [6, 6.07) is 0. The van der Waals surface area contributed by atoms with Crippen molar-refractivity contribution in [1.29, 1.82) is 0 Å². The normalized spacial score (nSPS) is 12.7. The van der Waals surface area contributed by atoms with Gasteiger partial charge in [-0.25, -0.2) is 0 Å². The molecule has 90 heavy (non-hydrogen) atoms. The third-order valence-electron chi connectivity index (χ3n) is 17.9. The highest BCUT2D eigenvalue weighted by atomic mass is 16.6. The topological polar surface area (TPSA) is 72.8 Å². The van der Waals surface area contributed by atoms with Crippen molar-refractivity contribution in [3.05, 3.63) is 97.2 Å². The SMILES string of the molecule is CC/C=C\C/C=C\C/C=C\C/C=C\C/C=C\C/C=C\CCCCCCCCCCCCCCCCCCCCCCCCC(=O)OC(CO)COC(=O)CCCCCCCCCCCCCCCCCCCCCCCCC/C=C\C/C=C\CCCCCCC. The maximum Gasteiger partial charge on any atom is 0.306 e. The van der Waals surface area contributed by atoms with Crippen molar-refractivity contribution in [3.8, 4) is 0 Å². The predicted octanol–water partition coefficient (Wildman–Crippen LogP) is 28.1. The number of hydrogen-bond acceptors (Lipinski definition) is 5. The number of carbonyl (C=O) groups excluding carboxylic acids is 2. The lowest BCUT2D eigenvalue weighted by molar-refractivity contribution is -0.161. The van der Waals surface area contributed by atoms with E-state index in [2.05, 4.69) is 111 Å². The number of carbonyl (C=O) groups is 2. The molecule has 0 aromatic heterocycles. The van der Waals surface area contributed by atoms with Crippen molar-refractivity contribution in [2.75, 3.05) is 13.2 Å². The van der Waals surface area contributed by atoms with Crippen LogP contribution in [-0.2, 0) is 19.1 Å². The molecule has 0 radical (unpaired) electrons. The maximum atomic E-state index is 12.4. The standard InChI is InChI=1S/C85H152O5/c1-3-5-7-9-11-13-15-17-19-21-23-25-27-29-31-33-35-37-39-40-41-42-43-44-46-48-50-52-54-56-58-60-62-64-66-68-70-72-74-76-78-80-85(88)90-83(81-86)82-89-84(87)79-77-75-73-71-69-67-65-63-61-59-57-55-53-51-49-47-45-38-36-34-32-30-28-26-24-22-20-18-16-14-12-10-8-6-4-2/h5,7,11,13,16-19,22-25,29,31,35,37,83,86H,3-4,6,8-10,12,14-15,20-21,26-28,30,32-34,36,38-82H2,1-2H3/b7-5-,13-11-,18-16-,19-17-,24-22-,25-23-,31-29-,37-35-. The summed E-state index contributed by atoms with van der Waals surface area (Å²) in [5, 5.41) is 9.73. The molecule has 5 nitrogen and oxygen atoms in total. The van der Waals surface area contributed by atoms with Crippen LogP contribution in [0.15, 0.2) is 97.2 Å². The van der Waals surface area contributed by atoms with Crippen molar-refractivity contribution >= 4 is 11.9 Å². The van der Waals surface area contributed by atoms with Gasteiger partial charge >= 0.3 is 11.9 Å². The molecular weight excluding hydrogens is 1100 g/mol. The summed E-state index contributed by atoms with van der Waals surface area (Å²) in [5.74, 6) is -0.568.